The van der Waals surface area contributed by atoms with Crippen LogP contribution in [-0.2, 0) is 0 Å². The van der Waals surface area contributed by atoms with Gasteiger partial charge in [-0.3, -0.25) is 0 Å². The number of ether oxygens (including phenoxy) is 1. The molecule has 0 amide bonds. The van der Waals surface area contributed by atoms with Gasteiger partial charge in [-0.15, -0.1) is 0 Å². The van der Waals surface area contributed by atoms with E-state index in [0.717, 1.165) is 17.4 Å². The van der Waals surface area contributed by atoms with E-state index in [2.05, 4.69) is 21.2 Å². The summed E-state index contributed by atoms with van der Waals surface area (Å²) in [5.74, 6) is -0.171. The molecule has 1 aliphatic rings. The van der Waals surface area contributed by atoms with Crippen molar-refractivity contribution in [3.8, 4) is 5.75 Å². The average Bonchev–Trinajstić information content (AvgIpc) is 2.85. The summed E-state index contributed by atoms with van der Waals surface area (Å²) in [6, 6.07) is 10.1. The summed E-state index contributed by atoms with van der Waals surface area (Å²) < 4.78 is 32.6. The minimum Gasteiger partial charge on any atom is -0.493 e. The molecular weight excluding hydrogens is 328 g/mol. The molecule has 20 heavy (non-hydrogen) atoms. The molecule has 0 aliphatic carbocycles. The Kier molecular flexibility index (Phi) is 3.61. The van der Waals surface area contributed by atoms with E-state index < -0.39 is 11.6 Å². The van der Waals surface area contributed by atoms with Gasteiger partial charge in [0, 0.05) is 24.1 Å². The van der Waals surface area contributed by atoms with Crippen LogP contribution in [0.3, 0.4) is 0 Å². The van der Waals surface area contributed by atoms with Gasteiger partial charge in [0.05, 0.1) is 16.8 Å². The van der Waals surface area contributed by atoms with Gasteiger partial charge in [0.1, 0.15) is 17.4 Å². The number of hydrogen-bond acceptors (Lipinski definition) is 2. The number of fused-ring (bicyclic) bond motifs is 1. The second-order valence-corrected chi connectivity index (χ2v) is 5.53. The van der Waals surface area contributed by atoms with E-state index in [-0.39, 0.29) is 16.1 Å². The predicted molar refractivity (Wildman–Crippen MR) is 77.2 cm³/mol. The van der Waals surface area contributed by atoms with Gasteiger partial charge in [-0.25, -0.2) is 8.78 Å². The zero-order chi connectivity index (χ0) is 14.1. The van der Waals surface area contributed by atoms with Gasteiger partial charge in [0.15, 0.2) is 0 Å². The predicted octanol–water partition coefficient (Wildman–Crippen LogP) is 4.32. The maximum absolute atomic E-state index is 13.6. The fraction of sp³-hybridized carbons (Fsp3) is 0.200. The summed E-state index contributed by atoms with van der Waals surface area (Å²) in [5.41, 5.74) is 1.39. The third-order valence-corrected chi connectivity index (χ3v) is 3.96. The molecule has 0 bridgehead atoms. The summed E-state index contributed by atoms with van der Waals surface area (Å²) >= 11 is 3.05. The van der Waals surface area contributed by atoms with E-state index in [9.17, 15) is 8.78 Å². The molecule has 0 saturated heterocycles. The van der Waals surface area contributed by atoms with Crippen molar-refractivity contribution < 1.29 is 13.5 Å². The van der Waals surface area contributed by atoms with Gasteiger partial charge in [-0.2, -0.15) is 0 Å². The lowest BCUT2D eigenvalue weighted by atomic mass is 10.0. The monoisotopic (exact) mass is 339 g/mol. The van der Waals surface area contributed by atoms with E-state index >= 15 is 0 Å². The molecule has 3 rings (SSSR count). The van der Waals surface area contributed by atoms with Crippen LogP contribution in [0.4, 0.5) is 14.5 Å². The molecule has 0 fully saturated rings. The van der Waals surface area contributed by atoms with Gasteiger partial charge in [-0.1, -0.05) is 18.2 Å². The van der Waals surface area contributed by atoms with Crippen LogP contribution in [0.15, 0.2) is 40.9 Å². The molecule has 0 aromatic heterocycles. The summed E-state index contributed by atoms with van der Waals surface area (Å²) in [5, 5.41) is 3.01. The van der Waals surface area contributed by atoms with Crippen LogP contribution in [0.1, 0.15) is 11.5 Å². The van der Waals surface area contributed by atoms with Crippen molar-refractivity contribution in [3.05, 3.63) is 58.1 Å². The molecule has 2 aromatic rings. The Bertz CT molecular complexity index is 648. The molecule has 0 spiro atoms. The Morgan fingerprint density at radius 1 is 1.20 bits per heavy atom. The lowest BCUT2D eigenvalue weighted by Gasteiger charge is -2.13. The lowest BCUT2D eigenvalue weighted by Crippen LogP contribution is -2.14. The average molecular weight is 340 g/mol. The molecule has 0 saturated carbocycles. The fourth-order valence-electron chi connectivity index (χ4n) is 2.29. The quantitative estimate of drug-likeness (QED) is 0.841. The number of halogens is 3. The number of nitrogens with one attached hydrogen (secondary N) is 1. The molecule has 2 aromatic carbocycles. The van der Waals surface area contributed by atoms with Crippen LogP contribution in [0.5, 0.6) is 5.75 Å². The minimum atomic E-state index is -0.609. The van der Waals surface area contributed by atoms with Crippen molar-refractivity contribution in [1.82, 2.24) is 0 Å². The molecule has 1 atom stereocenters. The highest BCUT2D eigenvalue weighted by atomic mass is 79.9. The highest BCUT2D eigenvalue weighted by Crippen LogP contribution is 2.34. The summed E-state index contributed by atoms with van der Waals surface area (Å²) in [6.45, 7) is 1.10. The van der Waals surface area contributed by atoms with E-state index in [1.807, 2.05) is 24.3 Å². The van der Waals surface area contributed by atoms with Crippen molar-refractivity contribution in [2.24, 2.45) is 0 Å². The first-order valence-corrected chi connectivity index (χ1v) is 7.04. The molecule has 2 nitrogen and oxygen atoms in total. The molecule has 0 radical (unpaired) electrons. The molecule has 104 valence electrons. The van der Waals surface area contributed by atoms with Crippen LogP contribution in [-0.4, -0.2) is 13.2 Å². The van der Waals surface area contributed by atoms with E-state index in [1.165, 1.54) is 6.07 Å². The Morgan fingerprint density at radius 2 is 2.00 bits per heavy atom. The first-order chi connectivity index (χ1) is 9.65. The van der Waals surface area contributed by atoms with Crippen molar-refractivity contribution in [3.63, 3.8) is 0 Å². The standard InChI is InChI=1S/C15H12BrF2NO/c16-11-5-14(13(18)6-12(11)17)19-7-9-8-20-15-4-2-1-3-10(9)15/h1-6,9,19H,7-8H2. The normalized spacial score (nSPS) is 16.6. The second-order valence-electron chi connectivity index (χ2n) is 4.67. The molecule has 1 unspecified atom stereocenters. The third kappa shape index (κ3) is 2.50. The first kappa shape index (κ1) is 13.4. The van der Waals surface area contributed by atoms with Crippen LogP contribution < -0.4 is 10.1 Å². The molecule has 1 aliphatic heterocycles. The van der Waals surface area contributed by atoms with Gasteiger partial charge < -0.3 is 10.1 Å². The van der Waals surface area contributed by atoms with Gasteiger partial charge >= 0.3 is 0 Å². The molecule has 1 N–H and O–H groups in total. The number of benzene rings is 2. The minimum absolute atomic E-state index is 0.162. The van der Waals surface area contributed by atoms with Crippen LogP contribution in [0, 0.1) is 11.6 Å². The second kappa shape index (κ2) is 5.40. The Labute approximate surface area is 123 Å². The highest BCUT2D eigenvalue weighted by Gasteiger charge is 2.23. The Balaban J connectivity index is 1.74. The third-order valence-electron chi connectivity index (χ3n) is 3.35. The summed E-state index contributed by atoms with van der Waals surface area (Å²) in [6.07, 6.45) is 0. The van der Waals surface area contributed by atoms with Crippen molar-refractivity contribution in [2.75, 3.05) is 18.5 Å². The zero-order valence-electron chi connectivity index (χ0n) is 10.5. The number of anilines is 1. The highest BCUT2D eigenvalue weighted by molar-refractivity contribution is 9.10. The zero-order valence-corrected chi connectivity index (χ0v) is 12.1. The van der Waals surface area contributed by atoms with Crippen LogP contribution in [0.25, 0.3) is 0 Å². The molecule has 1 heterocycles. The number of para-hydroxylation sites is 1. The molecule has 5 heteroatoms. The van der Waals surface area contributed by atoms with Gasteiger partial charge in [0.25, 0.3) is 0 Å². The number of hydrogen-bond donors (Lipinski definition) is 1. The molecular formula is C15H12BrF2NO. The van der Waals surface area contributed by atoms with Crippen LogP contribution >= 0.6 is 15.9 Å². The van der Waals surface area contributed by atoms with Crippen molar-refractivity contribution in [2.45, 2.75) is 5.92 Å². The maximum atomic E-state index is 13.6. The van der Waals surface area contributed by atoms with Crippen molar-refractivity contribution in [1.29, 1.82) is 0 Å². The number of rotatable bonds is 3. The maximum Gasteiger partial charge on any atom is 0.149 e. The SMILES string of the molecule is Fc1cc(F)c(NCC2COc3ccccc32)cc1Br. The lowest BCUT2D eigenvalue weighted by molar-refractivity contribution is 0.334. The largest absolute Gasteiger partial charge is 0.493 e. The van der Waals surface area contributed by atoms with Gasteiger partial charge in [0.2, 0.25) is 0 Å². The Morgan fingerprint density at radius 3 is 2.85 bits per heavy atom. The Hall–Kier alpha value is -1.62. The van der Waals surface area contributed by atoms with Crippen LogP contribution in [0.2, 0.25) is 0 Å². The first-order valence-electron chi connectivity index (χ1n) is 6.25. The topological polar surface area (TPSA) is 21.3 Å². The van der Waals surface area contributed by atoms with Crippen molar-refractivity contribution >= 4 is 21.6 Å². The van der Waals surface area contributed by atoms with E-state index in [0.29, 0.717) is 13.2 Å². The fourth-order valence-corrected chi connectivity index (χ4v) is 2.63. The van der Waals surface area contributed by atoms with E-state index in [1.54, 1.807) is 0 Å². The smallest absolute Gasteiger partial charge is 0.149 e. The van der Waals surface area contributed by atoms with Gasteiger partial charge in [-0.05, 0) is 28.1 Å². The summed E-state index contributed by atoms with van der Waals surface area (Å²) in [4.78, 5) is 0. The summed E-state index contributed by atoms with van der Waals surface area (Å²) in [7, 11) is 0. The van der Waals surface area contributed by atoms with E-state index in [4.69, 9.17) is 4.74 Å².